The molecule has 1 saturated heterocycles. The fraction of sp³-hybridized carbons (Fsp3) is 0.250. The Bertz CT molecular complexity index is 988. The summed E-state index contributed by atoms with van der Waals surface area (Å²) in [4.78, 5) is 14.4. The third-order valence-electron chi connectivity index (χ3n) is 3.99. The lowest BCUT2D eigenvalue weighted by atomic mass is 10.3. The number of halogens is 2. The van der Waals surface area contributed by atoms with Crippen LogP contribution in [0.3, 0.4) is 0 Å². The number of carbonyl (C=O) groups is 1. The molecular formula is C16H15Cl2N7O2. The van der Waals surface area contributed by atoms with Crippen LogP contribution in [0.25, 0.3) is 5.65 Å². The molecule has 1 aromatic carbocycles. The van der Waals surface area contributed by atoms with E-state index in [4.69, 9.17) is 27.9 Å². The van der Waals surface area contributed by atoms with E-state index in [-0.39, 0.29) is 5.95 Å². The topological polar surface area (TPSA) is 96.7 Å². The normalized spacial score (nSPS) is 14.4. The highest BCUT2D eigenvalue weighted by Gasteiger charge is 2.16. The number of rotatable bonds is 3. The molecule has 1 aliphatic rings. The molecule has 1 fully saturated rings. The molecule has 3 heterocycles. The number of fused-ring (bicyclic) bond motifs is 1. The first-order valence-electron chi connectivity index (χ1n) is 8.18. The average Bonchev–Trinajstić information content (AvgIpc) is 3.07. The van der Waals surface area contributed by atoms with Gasteiger partial charge in [0.05, 0.1) is 23.3 Å². The van der Waals surface area contributed by atoms with E-state index in [9.17, 15) is 4.79 Å². The number of morpholine rings is 1. The second-order valence-corrected chi connectivity index (χ2v) is 6.61. The van der Waals surface area contributed by atoms with Crippen LogP contribution < -0.4 is 15.5 Å². The van der Waals surface area contributed by atoms with Gasteiger partial charge in [-0.05, 0) is 30.3 Å². The summed E-state index contributed by atoms with van der Waals surface area (Å²) >= 11 is 11.8. The quantitative estimate of drug-likeness (QED) is 0.692. The minimum absolute atomic E-state index is 0.206. The molecule has 2 amide bonds. The van der Waals surface area contributed by atoms with Crippen LogP contribution in [-0.4, -0.2) is 52.1 Å². The Morgan fingerprint density at radius 1 is 1.04 bits per heavy atom. The number of benzene rings is 1. The lowest BCUT2D eigenvalue weighted by Gasteiger charge is -2.27. The van der Waals surface area contributed by atoms with Crippen molar-refractivity contribution in [3.05, 3.63) is 40.4 Å². The zero-order valence-electron chi connectivity index (χ0n) is 14.0. The maximum Gasteiger partial charge on any atom is 0.326 e. The lowest BCUT2D eigenvalue weighted by molar-refractivity contribution is 0.122. The van der Waals surface area contributed by atoms with E-state index in [1.807, 2.05) is 6.07 Å². The standard InChI is InChI=1S/C16H15Cl2N7O2/c17-11-2-1-10(9-12(11)18)19-16(26)20-15-22-21-13-3-4-14(23-25(13)15)24-5-7-27-8-6-24/h1-4,9H,5-8H2,(H2,19,20,22,26). The molecule has 1 aliphatic heterocycles. The SMILES string of the molecule is O=C(Nc1ccc(Cl)c(Cl)c1)Nc1nnc2ccc(N3CCOCC3)nn12. The molecule has 0 unspecified atom stereocenters. The van der Waals surface area contributed by atoms with E-state index in [0.717, 1.165) is 18.9 Å². The van der Waals surface area contributed by atoms with Gasteiger partial charge in [0, 0.05) is 18.8 Å². The van der Waals surface area contributed by atoms with E-state index in [2.05, 4.69) is 30.8 Å². The summed E-state index contributed by atoms with van der Waals surface area (Å²) in [6.07, 6.45) is 0. The van der Waals surface area contributed by atoms with Gasteiger partial charge in [0.15, 0.2) is 5.65 Å². The summed E-state index contributed by atoms with van der Waals surface area (Å²) in [5, 5.41) is 18.6. The largest absolute Gasteiger partial charge is 0.378 e. The minimum Gasteiger partial charge on any atom is -0.378 e. The van der Waals surface area contributed by atoms with E-state index < -0.39 is 6.03 Å². The van der Waals surface area contributed by atoms with Crippen LogP contribution >= 0.6 is 23.2 Å². The predicted octanol–water partition coefficient (Wildman–Crippen LogP) is 2.91. The highest BCUT2D eigenvalue weighted by atomic mass is 35.5. The number of hydrogen-bond donors (Lipinski definition) is 2. The molecule has 140 valence electrons. The van der Waals surface area contributed by atoms with Gasteiger partial charge in [-0.1, -0.05) is 23.2 Å². The summed E-state index contributed by atoms with van der Waals surface area (Å²) in [5.74, 6) is 0.969. The Morgan fingerprint density at radius 2 is 1.85 bits per heavy atom. The van der Waals surface area contributed by atoms with Gasteiger partial charge in [-0.15, -0.1) is 15.3 Å². The number of ether oxygens (including phenoxy) is 1. The third-order valence-corrected chi connectivity index (χ3v) is 4.73. The highest BCUT2D eigenvalue weighted by Crippen LogP contribution is 2.25. The summed E-state index contributed by atoms with van der Waals surface area (Å²) in [7, 11) is 0. The Kier molecular flexibility index (Phi) is 4.97. The first-order chi connectivity index (χ1) is 13.1. The van der Waals surface area contributed by atoms with Crippen LogP contribution in [0.15, 0.2) is 30.3 Å². The third kappa shape index (κ3) is 3.90. The van der Waals surface area contributed by atoms with Gasteiger partial charge in [0.1, 0.15) is 5.82 Å². The highest BCUT2D eigenvalue weighted by molar-refractivity contribution is 6.42. The first kappa shape index (κ1) is 17.8. The minimum atomic E-state index is -0.499. The van der Waals surface area contributed by atoms with E-state index >= 15 is 0 Å². The number of anilines is 3. The fourth-order valence-corrected chi connectivity index (χ4v) is 2.95. The van der Waals surface area contributed by atoms with Crippen LogP contribution in [0.1, 0.15) is 0 Å². The zero-order valence-corrected chi connectivity index (χ0v) is 15.5. The summed E-state index contributed by atoms with van der Waals surface area (Å²) in [6, 6.07) is 7.97. The molecule has 9 nitrogen and oxygen atoms in total. The molecule has 2 N–H and O–H groups in total. The maximum atomic E-state index is 12.3. The van der Waals surface area contributed by atoms with Crippen molar-refractivity contribution in [1.82, 2.24) is 19.8 Å². The molecule has 0 atom stereocenters. The molecule has 27 heavy (non-hydrogen) atoms. The average molecular weight is 408 g/mol. The Hall–Kier alpha value is -2.62. The lowest BCUT2D eigenvalue weighted by Crippen LogP contribution is -2.37. The molecule has 2 aromatic heterocycles. The number of nitrogens with one attached hydrogen (secondary N) is 2. The number of hydrogen-bond acceptors (Lipinski definition) is 6. The summed E-state index contributed by atoms with van der Waals surface area (Å²) < 4.78 is 6.84. The van der Waals surface area contributed by atoms with Gasteiger partial charge in [0.25, 0.3) is 5.95 Å². The number of aromatic nitrogens is 4. The smallest absolute Gasteiger partial charge is 0.326 e. The number of carbonyl (C=O) groups excluding carboxylic acids is 1. The molecule has 0 aliphatic carbocycles. The molecular weight excluding hydrogens is 393 g/mol. The number of amides is 2. The molecule has 4 rings (SSSR count). The molecule has 0 bridgehead atoms. The Balaban J connectivity index is 1.52. The second-order valence-electron chi connectivity index (χ2n) is 5.79. The van der Waals surface area contributed by atoms with Crippen molar-refractivity contribution in [3.8, 4) is 0 Å². The zero-order chi connectivity index (χ0) is 18.8. The molecule has 0 radical (unpaired) electrons. The van der Waals surface area contributed by atoms with Gasteiger partial charge < -0.3 is 15.0 Å². The van der Waals surface area contributed by atoms with Crippen molar-refractivity contribution in [2.24, 2.45) is 0 Å². The molecule has 11 heteroatoms. The van der Waals surface area contributed by atoms with Crippen molar-refractivity contribution < 1.29 is 9.53 Å². The predicted molar refractivity (Wildman–Crippen MR) is 103 cm³/mol. The van der Waals surface area contributed by atoms with Crippen molar-refractivity contribution >= 4 is 52.3 Å². The van der Waals surface area contributed by atoms with Gasteiger partial charge in [0.2, 0.25) is 0 Å². The van der Waals surface area contributed by atoms with Crippen LogP contribution in [0, 0.1) is 0 Å². The monoisotopic (exact) mass is 407 g/mol. The summed E-state index contributed by atoms with van der Waals surface area (Å²) in [6.45, 7) is 2.81. The van der Waals surface area contributed by atoms with Crippen LogP contribution in [0.5, 0.6) is 0 Å². The van der Waals surface area contributed by atoms with Gasteiger partial charge >= 0.3 is 6.03 Å². The van der Waals surface area contributed by atoms with Gasteiger partial charge in [-0.3, -0.25) is 5.32 Å². The van der Waals surface area contributed by atoms with Crippen LogP contribution in [0.4, 0.5) is 22.2 Å². The van der Waals surface area contributed by atoms with Crippen LogP contribution in [-0.2, 0) is 4.74 Å². The number of urea groups is 1. The van der Waals surface area contributed by atoms with Crippen molar-refractivity contribution in [2.75, 3.05) is 41.8 Å². The van der Waals surface area contributed by atoms with Crippen LogP contribution in [0.2, 0.25) is 10.0 Å². The second kappa shape index (κ2) is 7.55. The van der Waals surface area contributed by atoms with E-state index in [1.165, 1.54) is 4.52 Å². The van der Waals surface area contributed by atoms with Gasteiger partial charge in [-0.25, -0.2) is 4.79 Å². The molecule has 0 spiro atoms. The van der Waals surface area contributed by atoms with E-state index in [0.29, 0.717) is 34.6 Å². The van der Waals surface area contributed by atoms with Crippen molar-refractivity contribution in [2.45, 2.75) is 0 Å². The molecule has 3 aromatic rings. The fourth-order valence-electron chi connectivity index (χ4n) is 2.66. The first-order valence-corrected chi connectivity index (χ1v) is 8.94. The van der Waals surface area contributed by atoms with Crippen molar-refractivity contribution in [3.63, 3.8) is 0 Å². The Morgan fingerprint density at radius 3 is 2.63 bits per heavy atom. The summed E-state index contributed by atoms with van der Waals surface area (Å²) in [5.41, 5.74) is 1.02. The Labute approximate surface area is 164 Å². The molecule has 0 saturated carbocycles. The maximum absolute atomic E-state index is 12.3. The number of nitrogens with zero attached hydrogens (tertiary/aromatic N) is 5. The van der Waals surface area contributed by atoms with Crippen molar-refractivity contribution in [1.29, 1.82) is 0 Å². The van der Waals surface area contributed by atoms with Gasteiger partial charge in [-0.2, -0.15) is 4.52 Å². The van der Waals surface area contributed by atoms with E-state index in [1.54, 1.807) is 24.3 Å².